The molecular weight excluding hydrogens is 384 g/mol. The summed E-state index contributed by atoms with van der Waals surface area (Å²) in [5, 5.41) is 11.2. The third kappa shape index (κ3) is 6.23. The summed E-state index contributed by atoms with van der Waals surface area (Å²) in [5.41, 5.74) is 3.78. The Morgan fingerprint density at radius 2 is 1.70 bits per heavy atom. The van der Waals surface area contributed by atoms with Gasteiger partial charge < -0.3 is 26.0 Å². The molecule has 1 unspecified atom stereocenters. The van der Waals surface area contributed by atoms with E-state index < -0.39 is 6.04 Å². The van der Waals surface area contributed by atoms with Gasteiger partial charge in [0, 0.05) is 18.3 Å². The molecule has 4 N–H and O–H groups in total. The first-order chi connectivity index (χ1) is 14.2. The molecule has 8 nitrogen and oxygen atoms in total. The fraction of sp³-hybridized carbons (Fsp3) is 0.318. The molecule has 2 aromatic rings. The van der Waals surface area contributed by atoms with Crippen molar-refractivity contribution in [3.8, 4) is 5.75 Å². The van der Waals surface area contributed by atoms with Crippen LogP contribution in [0.2, 0.25) is 0 Å². The van der Waals surface area contributed by atoms with E-state index in [2.05, 4.69) is 21.3 Å². The highest BCUT2D eigenvalue weighted by Gasteiger charge is 2.17. The summed E-state index contributed by atoms with van der Waals surface area (Å²) in [6.45, 7) is 6.76. The summed E-state index contributed by atoms with van der Waals surface area (Å²) in [6.07, 6.45) is 0. The van der Waals surface area contributed by atoms with Crippen LogP contribution in [-0.4, -0.2) is 37.4 Å². The number of rotatable bonds is 8. The summed E-state index contributed by atoms with van der Waals surface area (Å²) in [6, 6.07) is 10.2. The van der Waals surface area contributed by atoms with Crippen LogP contribution in [-0.2, 0) is 14.4 Å². The molecule has 0 bridgehead atoms. The molecule has 0 aliphatic carbocycles. The lowest BCUT2D eigenvalue weighted by molar-refractivity contribution is -0.124. The second-order valence-electron chi connectivity index (χ2n) is 7.00. The van der Waals surface area contributed by atoms with Crippen molar-refractivity contribution in [2.45, 2.75) is 33.7 Å². The Bertz CT molecular complexity index is 922. The van der Waals surface area contributed by atoms with Crippen LogP contribution in [0.25, 0.3) is 0 Å². The van der Waals surface area contributed by atoms with Gasteiger partial charge >= 0.3 is 0 Å². The smallest absolute Gasteiger partial charge is 0.243 e. The number of nitrogens with one attached hydrogen (secondary N) is 4. The average Bonchev–Trinajstić information content (AvgIpc) is 2.68. The maximum atomic E-state index is 12.4. The lowest BCUT2D eigenvalue weighted by atomic mass is 10.1. The van der Waals surface area contributed by atoms with Crippen LogP contribution in [0.1, 0.15) is 25.0 Å². The third-order valence-electron chi connectivity index (χ3n) is 4.45. The van der Waals surface area contributed by atoms with Crippen molar-refractivity contribution in [1.29, 1.82) is 0 Å². The van der Waals surface area contributed by atoms with Crippen LogP contribution in [0.4, 0.5) is 17.1 Å². The lowest BCUT2D eigenvalue weighted by Crippen LogP contribution is -2.41. The van der Waals surface area contributed by atoms with Crippen LogP contribution in [0, 0.1) is 13.8 Å². The van der Waals surface area contributed by atoms with Gasteiger partial charge in [-0.15, -0.1) is 0 Å². The topological polar surface area (TPSA) is 109 Å². The van der Waals surface area contributed by atoms with Crippen molar-refractivity contribution < 1.29 is 19.1 Å². The first-order valence-corrected chi connectivity index (χ1v) is 9.57. The zero-order chi connectivity index (χ0) is 22.3. The SMILES string of the molecule is COc1ccc(NC(C)=O)cc1NC(C)C(=O)NCC(=O)Nc1c(C)cccc1C. The van der Waals surface area contributed by atoms with Gasteiger partial charge in [-0.1, -0.05) is 18.2 Å². The standard InChI is InChI=1S/C22H28N4O4/c1-13-7-6-8-14(2)21(13)26-20(28)12-23-22(29)15(3)24-18-11-17(25-16(4)27)9-10-19(18)30-5/h6-11,15,24H,12H2,1-5H3,(H,23,29)(H,25,27)(H,26,28). The van der Waals surface area contributed by atoms with E-state index in [1.54, 1.807) is 25.1 Å². The van der Waals surface area contributed by atoms with E-state index in [9.17, 15) is 14.4 Å². The molecule has 0 saturated heterocycles. The number of carbonyl (C=O) groups is 3. The number of ether oxygens (including phenoxy) is 1. The Labute approximate surface area is 176 Å². The number of para-hydroxylation sites is 1. The summed E-state index contributed by atoms with van der Waals surface area (Å²) in [5.74, 6) is -0.333. The van der Waals surface area contributed by atoms with Gasteiger partial charge in [0.1, 0.15) is 11.8 Å². The quantitative estimate of drug-likeness (QED) is 0.533. The van der Waals surface area contributed by atoms with Gasteiger partial charge in [0.2, 0.25) is 17.7 Å². The molecule has 3 amide bonds. The van der Waals surface area contributed by atoms with Crippen molar-refractivity contribution in [2.24, 2.45) is 0 Å². The van der Waals surface area contributed by atoms with Crippen LogP contribution >= 0.6 is 0 Å². The molecule has 8 heteroatoms. The molecule has 0 aliphatic rings. The average molecular weight is 412 g/mol. The monoisotopic (exact) mass is 412 g/mol. The molecule has 2 aromatic carbocycles. The van der Waals surface area contributed by atoms with Crippen molar-refractivity contribution in [1.82, 2.24) is 5.32 Å². The second kappa shape index (κ2) is 10.3. The fourth-order valence-electron chi connectivity index (χ4n) is 2.92. The molecule has 0 aliphatic heterocycles. The first kappa shape index (κ1) is 22.7. The highest BCUT2D eigenvalue weighted by atomic mass is 16.5. The summed E-state index contributed by atoms with van der Waals surface area (Å²) < 4.78 is 5.30. The highest BCUT2D eigenvalue weighted by Crippen LogP contribution is 2.28. The molecular formula is C22H28N4O4. The number of hydrogen-bond acceptors (Lipinski definition) is 5. The fourth-order valence-corrected chi connectivity index (χ4v) is 2.92. The van der Waals surface area contributed by atoms with Gasteiger partial charge in [0.05, 0.1) is 19.3 Å². The van der Waals surface area contributed by atoms with Gasteiger partial charge in [0.15, 0.2) is 0 Å². The summed E-state index contributed by atoms with van der Waals surface area (Å²) in [4.78, 5) is 35.9. The number of benzene rings is 2. The molecule has 30 heavy (non-hydrogen) atoms. The van der Waals surface area contributed by atoms with E-state index >= 15 is 0 Å². The van der Waals surface area contributed by atoms with E-state index in [0.29, 0.717) is 17.1 Å². The molecule has 2 rings (SSSR count). The minimum Gasteiger partial charge on any atom is -0.495 e. The Kier molecular flexibility index (Phi) is 7.80. The minimum atomic E-state index is -0.639. The molecule has 1 atom stereocenters. The van der Waals surface area contributed by atoms with Gasteiger partial charge in [-0.05, 0) is 50.1 Å². The van der Waals surface area contributed by atoms with E-state index in [1.165, 1.54) is 14.0 Å². The van der Waals surface area contributed by atoms with Crippen LogP contribution in [0.15, 0.2) is 36.4 Å². The molecule has 0 radical (unpaired) electrons. The second-order valence-corrected chi connectivity index (χ2v) is 7.00. The number of amides is 3. The Morgan fingerprint density at radius 3 is 2.30 bits per heavy atom. The minimum absolute atomic E-state index is 0.151. The molecule has 0 saturated carbocycles. The van der Waals surface area contributed by atoms with Gasteiger partial charge in [-0.25, -0.2) is 0 Å². The highest BCUT2D eigenvalue weighted by molar-refractivity contribution is 5.97. The van der Waals surface area contributed by atoms with Crippen LogP contribution in [0.3, 0.4) is 0 Å². The predicted molar refractivity (Wildman–Crippen MR) is 118 cm³/mol. The molecule has 0 fully saturated rings. The summed E-state index contributed by atoms with van der Waals surface area (Å²) in [7, 11) is 1.52. The maximum Gasteiger partial charge on any atom is 0.243 e. The Morgan fingerprint density at radius 1 is 1.03 bits per heavy atom. The van der Waals surface area contributed by atoms with E-state index in [1.807, 2.05) is 32.0 Å². The van der Waals surface area contributed by atoms with E-state index in [-0.39, 0.29) is 24.3 Å². The lowest BCUT2D eigenvalue weighted by Gasteiger charge is -2.18. The van der Waals surface area contributed by atoms with Crippen LogP contribution < -0.4 is 26.0 Å². The van der Waals surface area contributed by atoms with E-state index in [0.717, 1.165) is 16.8 Å². The van der Waals surface area contributed by atoms with Gasteiger partial charge in [0.25, 0.3) is 0 Å². The number of carbonyl (C=O) groups excluding carboxylic acids is 3. The summed E-state index contributed by atoms with van der Waals surface area (Å²) >= 11 is 0. The zero-order valence-electron chi connectivity index (χ0n) is 17.9. The number of methoxy groups -OCH3 is 1. The maximum absolute atomic E-state index is 12.4. The van der Waals surface area contributed by atoms with E-state index in [4.69, 9.17) is 4.74 Å². The Balaban J connectivity index is 1.96. The van der Waals surface area contributed by atoms with Crippen LogP contribution in [0.5, 0.6) is 5.75 Å². The number of anilines is 3. The number of hydrogen-bond donors (Lipinski definition) is 4. The normalized spacial score (nSPS) is 11.2. The molecule has 0 aromatic heterocycles. The molecule has 0 spiro atoms. The van der Waals surface area contributed by atoms with Crippen molar-refractivity contribution >= 4 is 34.8 Å². The number of aryl methyl sites for hydroxylation is 2. The van der Waals surface area contributed by atoms with Crippen molar-refractivity contribution in [3.05, 3.63) is 47.5 Å². The van der Waals surface area contributed by atoms with Crippen molar-refractivity contribution in [2.75, 3.05) is 29.6 Å². The molecule has 160 valence electrons. The molecule has 0 heterocycles. The first-order valence-electron chi connectivity index (χ1n) is 9.57. The predicted octanol–water partition coefficient (Wildman–Crippen LogP) is 2.83. The Hall–Kier alpha value is -3.55. The zero-order valence-corrected chi connectivity index (χ0v) is 17.9. The van der Waals surface area contributed by atoms with Gasteiger partial charge in [-0.3, -0.25) is 14.4 Å². The van der Waals surface area contributed by atoms with Crippen molar-refractivity contribution in [3.63, 3.8) is 0 Å². The van der Waals surface area contributed by atoms with Gasteiger partial charge in [-0.2, -0.15) is 0 Å². The third-order valence-corrected chi connectivity index (χ3v) is 4.45. The largest absolute Gasteiger partial charge is 0.495 e.